The number of hydrogen-bond acceptors (Lipinski definition) is 5. The van der Waals surface area contributed by atoms with Crippen LogP contribution in [0.5, 0.6) is 0 Å². The lowest BCUT2D eigenvalue weighted by Crippen LogP contribution is -2.36. The number of hydrogen-bond donors (Lipinski definition) is 2. The van der Waals surface area contributed by atoms with Crippen molar-refractivity contribution in [3.05, 3.63) is 11.4 Å². The Balaban J connectivity index is 2.32. The number of carbonyl (C=O) groups excluding carboxylic acids is 1. The largest absolute Gasteiger partial charge is 0.396 e. The highest BCUT2D eigenvalue weighted by Crippen LogP contribution is 2.14. The zero-order valence-corrected chi connectivity index (χ0v) is 12.8. The van der Waals surface area contributed by atoms with Crippen molar-refractivity contribution in [1.82, 2.24) is 20.0 Å². The number of ether oxygens (including phenoxy) is 1. The van der Waals surface area contributed by atoms with E-state index in [2.05, 4.69) is 15.3 Å². The van der Waals surface area contributed by atoms with Crippen LogP contribution in [0.4, 0.5) is 5.69 Å². The first-order valence-corrected chi connectivity index (χ1v) is 6.69. The van der Waals surface area contributed by atoms with Gasteiger partial charge in [-0.05, 0) is 20.9 Å². The number of rotatable bonds is 8. The van der Waals surface area contributed by atoms with Gasteiger partial charge in [0, 0.05) is 26.7 Å². The van der Waals surface area contributed by atoms with Crippen LogP contribution in [-0.2, 0) is 16.1 Å². The summed E-state index contributed by atoms with van der Waals surface area (Å²) in [5.41, 5.74) is 8.07. The van der Waals surface area contributed by atoms with Gasteiger partial charge in [-0.25, -0.2) is 0 Å². The van der Waals surface area contributed by atoms with Crippen molar-refractivity contribution in [3.63, 3.8) is 0 Å². The molecule has 1 amide bonds. The molecule has 0 spiro atoms. The Hall–Kier alpha value is -1.60. The van der Waals surface area contributed by atoms with Crippen molar-refractivity contribution in [3.8, 4) is 0 Å². The summed E-state index contributed by atoms with van der Waals surface area (Å²) in [6.07, 6.45) is 0. The molecule has 0 radical (unpaired) electrons. The molecule has 0 saturated carbocycles. The van der Waals surface area contributed by atoms with Gasteiger partial charge in [-0.15, -0.1) is 0 Å². The Kier molecular flexibility index (Phi) is 6.47. The number of aromatic nitrogens is 2. The van der Waals surface area contributed by atoms with Gasteiger partial charge in [-0.1, -0.05) is 0 Å². The Morgan fingerprint density at radius 2 is 2.15 bits per heavy atom. The summed E-state index contributed by atoms with van der Waals surface area (Å²) in [4.78, 5) is 13.9. The van der Waals surface area contributed by atoms with Crippen LogP contribution in [0.25, 0.3) is 0 Å². The number of anilines is 1. The van der Waals surface area contributed by atoms with E-state index < -0.39 is 0 Å². The molecule has 0 fully saturated rings. The number of nitrogen functional groups attached to an aromatic ring is 1. The third kappa shape index (κ3) is 4.82. The highest BCUT2D eigenvalue weighted by Gasteiger charge is 2.11. The molecule has 0 aliphatic heterocycles. The molecule has 1 aromatic rings. The van der Waals surface area contributed by atoms with Crippen LogP contribution in [0.2, 0.25) is 0 Å². The number of carbonyl (C=O) groups is 1. The van der Waals surface area contributed by atoms with E-state index in [1.807, 2.05) is 20.9 Å². The number of methoxy groups -OCH3 is 1. The maximum Gasteiger partial charge on any atom is 0.241 e. The third-order valence-corrected chi connectivity index (χ3v) is 3.22. The van der Waals surface area contributed by atoms with E-state index in [-0.39, 0.29) is 12.5 Å². The topological polar surface area (TPSA) is 85.4 Å². The molecule has 1 rings (SSSR count). The predicted molar refractivity (Wildman–Crippen MR) is 78.5 cm³/mol. The van der Waals surface area contributed by atoms with Crippen LogP contribution in [0.15, 0.2) is 0 Å². The van der Waals surface area contributed by atoms with Gasteiger partial charge >= 0.3 is 0 Å². The molecule has 0 aliphatic carbocycles. The molecule has 1 heterocycles. The normalized spacial score (nSPS) is 11.1. The van der Waals surface area contributed by atoms with Crippen LogP contribution < -0.4 is 11.1 Å². The van der Waals surface area contributed by atoms with E-state index in [1.54, 1.807) is 11.8 Å². The lowest BCUT2D eigenvalue weighted by atomic mass is 10.3. The fourth-order valence-electron chi connectivity index (χ4n) is 1.80. The molecule has 114 valence electrons. The van der Waals surface area contributed by atoms with Gasteiger partial charge < -0.3 is 20.7 Å². The minimum Gasteiger partial charge on any atom is -0.396 e. The van der Waals surface area contributed by atoms with Gasteiger partial charge in [0.25, 0.3) is 0 Å². The van der Waals surface area contributed by atoms with Gasteiger partial charge in [0.05, 0.1) is 23.7 Å². The van der Waals surface area contributed by atoms with Crippen molar-refractivity contribution in [1.29, 1.82) is 0 Å². The average Bonchev–Trinajstić information content (AvgIpc) is 2.64. The molecule has 3 N–H and O–H groups in total. The summed E-state index contributed by atoms with van der Waals surface area (Å²) in [5.74, 6) is -0.0595. The SMILES string of the molecule is COCCN(C)CCNC(=O)Cn1nc(C)c(N)c1C. The molecule has 7 heteroatoms. The molecule has 0 aromatic carbocycles. The summed E-state index contributed by atoms with van der Waals surface area (Å²) in [7, 11) is 3.67. The Labute approximate surface area is 120 Å². The fourth-order valence-corrected chi connectivity index (χ4v) is 1.80. The van der Waals surface area contributed by atoms with Crippen molar-refractivity contribution < 1.29 is 9.53 Å². The number of amides is 1. The quantitative estimate of drug-likeness (QED) is 0.689. The van der Waals surface area contributed by atoms with Gasteiger partial charge in [0.2, 0.25) is 5.91 Å². The summed E-state index contributed by atoms with van der Waals surface area (Å²) in [5, 5.41) is 7.11. The zero-order chi connectivity index (χ0) is 15.1. The summed E-state index contributed by atoms with van der Waals surface area (Å²) in [6.45, 7) is 6.83. The van der Waals surface area contributed by atoms with E-state index in [0.717, 1.165) is 24.5 Å². The standard InChI is InChI=1S/C13H25N5O2/c1-10-13(14)11(2)18(16-10)9-12(19)15-5-6-17(3)7-8-20-4/h5-9,14H2,1-4H3,(H,15,19). The van der Waals surface area contributed by atoms with E-state index in [0.29, 0.717) is 18.8 Å². The van der Waals surface area contributed by atoms with Crippen molar-refractivity contribution >= 4 is 11.6 Å². The minimum absolute atomic E-state index is 0.0595. The molecule has 1 aromatic heterocycles. The molecule has 0 saturated heterocycles. The number of nitrogens with two attached hydrogens (primary N) is 1. The van der Waals surface area contributed by atoms with Crippen LogP contribution in [0.3, 0.4) is 0 Å². The maximum atomic E-state index is 11.8. The van der Waals surface area contributed by atoms with E-state index in [9.17, 15) is 4.79 Å². The molecule has 0 unspecified atom stereocenters. The van der Waals surface area contributed by atoms with Crippen molar-refractivity contribution in [2.24, 2.45) is 0 Å². The second kappa shape index (κ2) is 7.86. The number of aryl methyl sites for hydroxylation is 1. The predicted octanol–water partition coefficient (Wildman–Crippen LogP) is -0.223. The van der Waals surface area contributed by atoms with Crippen LogP contribution in [0.1, 0.15) is 11.4 Å². The first kappa shape index (κ1) is 16.5. The van der Waals surface area contributed by atoms with Crippen LogP contribution in [0, 0.1) is 13.8 Å². The molecule has 0 bridgehead atoms. The van der Waals surface area contributed by atoms with Gasteiger partial charge in [-0.2, -0.15) is 5.10 Å². The molecule has 20 heavy (non-hydrogen) atoms. The van der Waals surface area contributed by atoms with E-state index >= 15 is 0 Å². The second-order valence-electron chi connectivity index (χ2n) is 4.89. The zero-order valence-electron chi connectivity index (χ0n) is 12.8. The maximum absolute atomic E-state index is 11.8. The Morgan fingerprint density at radius 1 is 1.45 bits per heavy atom. The van der Waals surface area contributed by atoms with Gasteiger partial charge in [-0.3, -0.25) is 9.48 Å². The third-order valence-electron chi connectivity index (χ3n) is 3.22. The molecular formula is C13H25N5O2. The first-order valence-electron chi connectivity index (χ1n) is 6.69. The van der Waals surface area contributed by atoms with Gasteiger partial charge in [0.1, 0.15) is 6.54 Å². The van der Waals surface area contributed by atoms with Crippen molar-refractivity contribution in [2.75, 3.05) is 46.1 Å². The highest BCUT2D eigenvalue weighted by molar-refractivity contribution is 5.75. The first-order chi connectivity index (χ1) is 9.45. The summed E-state index contributed by atoms with van der Waals surface area (Å²) < 4.78 is 6.63. The molecule has 0 aliphatic rings. The molecular weight excluding hydrogens is 258 g/mol. The molecule has 0 atom stereocenters. The van der Waals surface area contributed by atoms with Crippen LogP contribution >= 0.6 is 0 Å². The number of nitrogens with one attached hydrogen (secondary N) is 1. The monoisotopic (exact) mass is 283 g/mol. The minimum atomic E-state index is -0.0595. The van der Waals surface area contributed by atoms with Gasteiger partial charge in [0.15, 0.2) is 0 Å². The molecule has 7 nitrogen and oxygen atoms in total. The Morgan fingerprint density at radius 3 is 2.70 bits per heavy atom. The Bertz CT molecular complexity index is 444. The average molecular weight is 283 g/mol. The highest BCUT2D eigenvalue weighted by atomic mass is 16.5. The fraction of sp³-hybridized carbons (Fsp3) is 0.692. The van der Waals surface area contributed by atoms with E-state index in [1.165, 1.54) is 0 Å². The second-order valence-corrected chi connectivity index (χ2v) is 4.89. The van der Waals surface area contributed by atoms with Crippen LogP contribution in [-0.4, -0.2) is 61.0 Å². The smallest absolute Gasteiger partial charge is 0.241 e. The summed E-state index contributed by atoms with van der Waals surface area (Å²) >= 11 is 0. The number of nitrogens with zero attached hydrogens (tertiary/aromatic N) is 3. The van der Waals surface area contributed by atoms with E-state index in [4.69, 9.17) is 10.5 Å². The summed E-state index contributed by atoms with van der Waals surface area (Å²) in [6, 6.07) is 0. The van der Waals surface area contributed by atoms with Crippen molar-refractivity contribution in [2.45, 2.75) is 20.4 Å². The lowest BCUT2D eigenvalue weighted by Gasteiger charge is -2.16. The number of likely N-dealkylation sites (N-methyl/N-ethyl adjacent to an activating group) is 1. The lowest BCUT2D eigenvalue weighted by molar-refractivity contribution is -0.121.